The van der Waals surface area contributed by atoms with Crippen LogP contribution in [-0.4, -0.2) is 29.6 Å². The molecule has 1 aromatic heterocycles. The maximum Gasteiger partial charge on any atom is 0.279 e. The third-order valence-electron chi connectivity index (χ3n) is 3.68. The van der Waals surface area contributed by atoms with Gasteiger partial charge in [-0.15, -0.1) is 0 Å². The van der Waals surface area contributed by atoms with E-state index in [1.54, 1.807) is 12.1 Å². The number of pyridine rings is 1. The second-order valence-corrected chi connectivity index (χ2v) is 5.41. The lowest BCUT2D eigenvalue weighted by Crippen LogP contribution is -2.29. The van der Waals surface area contributed by atoms with Crippen molar-refractivity contribution in [1.82, 2.24) is 10.3 Å². The molecule has 1 aliphatic rings. The van der Waals surface area contributed by atoms with E-state index < -0.39 is 18.0 Å². The molecule has 1 saturated carbocycles. The van der Waals surface area contributed by atoms with Crippen molar-refractivity contribution >= 4 is 12.1 Å². The highest BCUT2D eigenvalue weighted by atomic mass is 19.3. The van der Waals surface area contributed by atoms with Gasteiger partial charge in [0.15, 0.2) is 0 Å². The minimum atomic E-state index is -2.87. The van der Waals surface area contributed by atoms with Crippen LogP contribution in [0.25, 0.3) is 0 Å². The fraction of sp³-hybridized carbons (Fsp3) is 0.438. The molecule has 1 heterocycles. The van der Waals surface area contributed by atoms with Crippen LogP contribution >= 0.6 is 0 Å². The molecule has 1 aliphatic carbocycles. The van der Waals surface area contributed by atoms with Crippen molar-refractivity contribution < 1.29 is 13.6 Å². The molecule has 0 radical (unpaired) electrons. The zero-order chi connectivity index (χ0) is 16.7. The van der Waals surface area contributed by atoms with Gasteiger partial charge in [-0.05, 0) is 25.0 Å². The van der Waals surface area contributed by atoms with E-state index in [2.05, 4.69) is 15.3 Å². The molecule has 1 aromatic rings. The number of aliphatic imine (C=N–C) groups is 1. The third-order valence-corrected chi connectivity index (χ3v) is 3.68. The first-order valence-corrected chi connectivity index (χ1v) is 7.61. The summed E-state index contributed by atoms with van der Waals surface area (Å²) in [4.78, 5) is 20.2. The summed E-state index contributed by atoms with van der Waals surface area (Å²) in [6.07, 6.45) is 5.00. The van der Waals surface area contributed by atoms with Crippen molar-refractivity contribution in [2.45, 2.75) is 44.6 Å². The molecule has 0 bridgehead atoms. The maximum absolute atomic E-state index is 12.9. The van der Waals surface area contributed by atoms with Gasteiger partial charge in [-0.1, -0.05) is 25.3 Å². The molecule has 23 heavy (non-hydrogen) atoms. The highest BCUT2D eigenvalue weighted by Gasteiger charge is 2.17. The minimum absolute atomic E-state index is 0.0935. The number of hydrogen-bond donors (Lipinski definition) is 2. The van der Waals surface area contributed by atoms with Crippen molar-refractivity contribution in [3.8, 4) is 0 Å². The Kier molecular flexibility index (Phi) is 6.19. The number of nitrogens with zero attached hydrogens (tertiary/aromatic N) is 2. The smallest absolute Gasteiger partial charge is 0.279 e. The quantitative estimate of drug-likeness (QED) is 0.818. The van der Waals surface area contributed by atoms with Crippen LogP contribution < -0.4 is 11.1 Å². The van der Waals surface area contributed by atoms with E-state index in [-0.39, 0.29) is 17.4 Å². The number of hydrogen-bond acceptors (Lipinski definition) is 4. The molecule has 0 saturated heterocycles. The SMILES string of the molecule is N/C(=C(\C=NC1CCCCC1)NC(=O)c1ccccn1)C(F)F. The molecule has 2 rings (SSSR count). The Labute approximate surface area is 133 Å². The van der Waals surface area contributed by atoms with E-state index in [9.17, 15) is 13.6 Å². The Balaban J connectivity index is 2.13. The molecule has 0 aromatic carbocycles. The fourth-order valence-corrected chi connectivity index (χ4v) is 2.39. The van der Waals surface area contributed by atoms with E-state index in [4.69, 9.17) is 5.73 Å². The number of aromatic nitrogens is 1. The molecule has 3 N–H and O–H groups in total. The minimum Gasteiger partial charge on any atom is -0.396 e. The summed E-state index contributed by atoms with van der Waals surface area (Å²) in [6, 6.07) is 4.88. The summed E-state index contributed by atoms with van der Waals surface area (Å²) in [7, 11) is 0. The normalized spacial score (nSPS) is 17.3. The Bertz CT molecular complexity index is 581. The van der Waals surface area contributed by atoms with Gasteiger partial charge in [0, 0.05) is 12.4 Å². The van der Waals surface area contributed by atoms with Crippen LogP contribution in [0, 0.1) is 0 Å². The summed E-state index contributed by atoms with van der Waals surface area (Å²) in [5.74, 6) is -0.598. The Morgan fingerprint density at radius 2 is 2.09 bits per heavy atom. The summed E-state index contributed by atoms with van der Waals surface area (Å²) >= 11 is 0. The number of carbonyl (C=O) groups excluding carboxylic acids is 1. The molecule has 124 valence electrons. The molecular formula is C16H20F2N4O. The van der Waals surface area contributed by atoms with Gasteiger partial charge in [-0.2, -0.15) is 0 Å². The van der Waals surface area contributed by atoms with Crippen LogP contribution in [0.15, 0.2) is 40.8 Å². The fourth-order valence-electron chi connectivity index (χ4n) is 2.39. The third kappa shape index (κ3) is 5.12. The molecule has 0 spiro atoms. The van der Waals surface area contributed by atoms with Crippen LogP contribution in [0.1, 0.15) is 42.6 Å². The molecule has 1 amide bonds. The van der Waals surface area contributed by atoms with Crippen molar-refractivity contribution in [2.75, 3.05) is 0 Å². The lowest BCUT2D eigenvalue weighted by atomic mass is 9.96. The van der Waals surface area contributed by atoms with E-state index in [0.29, 0.717) is 0 Å². The predicted molar refractivity (Wildman–Crippen MR) is 84.3 cm³/mol. The molecule has 0 aliphatic heterocycles. The average molecular weight is 322 g/mol. The maximum atomic E-state index is 12.9. The molecule has 5 nitrogen and oxygen atoms in total. The molecular weight excluding hydrogens is 302 g/mol. The van der Waals surface area contributed by atoms with Crippen molar-refractivity contribution in [1.29, 1.82) is 0 Å². The van der Waals surface area contributed by atoms with Crippen LogP contribution in [-0.2, 0) is 0 Å². The van der Waals surface area contributed by atoms with E-state index in [1.807, 2.05) is 0 Å². The highest BCUT2D eigenvalue weighted by molar-refractivity contribution is 5.97. The van der Waals surface area contributed by atoms with E-state index >= 15 is 0 Å². The van der Waals surface area contributed by atoms with Gasteiger partial charge >= 0.3 is 0 Å². The van der Waals surface area contributed by atoms with Gasteiger partial charge in [-0.25, -0.2) is 8.78 Å². The van der Waals surface area contributed by atoms with Gasteiger partial charge in [0.05, 0.1) is 11.7 Å². The summed E-state index contributed by atoms with van der Waals surface area (Å²) < 4.78 is 25.8. The summed E-state index contributed by atoms with van der Waals surface area (Å²) in [6.45, 7) is 0. The van der Waals surface area contributed by atoms with Gasteiger partial charge in [-0.3, -0.25) is 14.8 Å². The van der Waals surface area contributed by atoms with Crippen molar-refractivity contribution in [2.24, 2.45) is 10.7 Å². The summed E-state index contributed by atoms with van der Waals surface area (Å²) in [5, 5.41) is 2.38. The first-order valence-electron chi connectivity index (χ1n) is 7.61. The number of alkyl halides is 2. The summed E-state index contributed by atoms with van der Waals surface area (Å²) in [5.41, 5.74) is 4.66. The predicted octanol–water partition coefficient (Wildman–Crippen LogP) is 2.65. The van der Waals surface area contributed by atoms with E-state index in [0.717, 1.165) is 25.7 Å². The van der Waals surface area contributed by atoms with Crippen LogP contribution in [0.5, 0.6) is 0 Å². The number of carbonyl (C=O) groups is 1. The number of nitrogens with two attached hydrogens (primary N) is 1. The number of rotatable bonds is 5. The number of nitrogens with one attached hydrogen (secondary N) is 1. The lowest BCUT2D eigenvalue weighted by Gasteiger charge is -2.17. The van der Waals surface area contributed by atoms with Gasteiger partial charge in [0.2, 0.25) is 0 Å². The monoisotopic (exact) mass is 322 g/mol. The van der Waals surface area contributed by atoms with E-state index in [1.165, 1.54) is 24.9 Å². The van der Waals surface area contributed by atoms with Crippen LogP contribution in [0.2, 0.25) is 0 Å². The average Bonchev–Trinajstić information content (AvgIpc) is 2.59. The highest BCUT2D eigenvalue weighted by Crippen LogP contribution is 2.20. The molecule has 0 atom stereocenters. The number of halogens is 2. The first-order chi connectivity index (χ1) is 11.1. The van der Waals surface area contributed by atoms with Crippen molar-refractivity contribution in [3.63, 3.8) is 0 Å². The molecule has 0 unspecified atom stereocenters. The number of amides is 1. The Hall–Kier alpha value is -2.31. The van der Waals surface area contributed by atoms with Crippen molar-refractivity contribution in [3.05, 3.63) is 41.5 Å². The van der Waals surface area contributed by atoms with Gasteiger partial charge in [0.25, 0.3) is 12.3 Å². The Morgan fingerprint density at radius 3 is 2.70 bits per heavy atom. The Morgan fingerprint density at radius 1 is 1.35 bits per heavy atom. The molecule has 7 heteroatoms. The second kappa shape index (κ2) is 8.36. The standard InChI is InChI=1S/C16H20F2N4O/c17-15(18)14(19)13(10-21-11-6-2-1-3-7-11)22-16(23)12-8-4-5-9-20-12/h4-5,8-11,15H,1-3,6-7,19H2,(H,22,23)/b14-13+,21-10?. The van der Waals surface area contributed by atoms with Crippen LogP contribution in [0.3, 0.4) is 0 Å². The lowest BCUT2D eigenvalue weighted by molar-refractivity contribution is 0.0961. The molecule has 1 fully saturated rings. The van der Waals surface area contributed by atoms with Gasteiger partial charge in [0.1, 0.15) is 11.4 Å². The zero-order valence-electron chi connectivity index (χ0n) is 12.7. The zero-order valence-corrected chi connectivity index (χ0v) is 12.7. The van der Waals surface area contributed by atoms with Gasteiger partial charge < -0.3 is 11.1 Å². The number of allylic oxidation sites excluding steroid dienone is 2. The van der Waals surface area contributed by atoms with Crippen LogP contribution in [0.4, 0.5) is 8.78 Å². The topological polar surface area (TPSA) is 80.4 Å². The second-order valence-electron chi connectivity index (χ2n) is 5.41. The largest absolute Gasteiger partial charge is 0.396 e. The first kappa shape index (κ1) is 17.1.